The zero-order chi connectivity index (χ0) is 14.1. The Bertz CT molecular complexity index is 414. The summed E-state index contributed by atoms with van der Waals surface area (Å²) >= 11 is 0. The Morgan fingerprint density at radius 3 is 2.74 bits per heavy atom. The molecule has 8 heteroatoms. The molecule has 19 heavy (non-hydrogen) atoms. The molecule has 1 aromatic heterocycles. The maximum atomic E-state index is 11.0. The van der Waals surface area contributed by atoms with Gasteiger partial charge in [0, 0.05) is 13.2 Å². The minimum atomic E-state index is -0.563. The molecular weight excluding hydrogens is 252 g/mol. The average Bonchev–Trinajstić information content (AvgIpc) is 2.42. The lowest BCUT2D eigenvalue weighted by Crippen LogP contribution is -2.08. The summed E-state index contributed by atoms with van der Waals surface area (Å²) in [6, 6.07) is 0. The highest BCUT2D eigenvalue weighted by atomic mass is 16.6. The number of aromatic nitrogens is 2. The van der Waals surface area contributed by atoms with Gasteiger partial charge in [-0.05, 0) is 12.8 Å². The van der Waals surface area contributed by atoms with Crippen LogP contribution in [0.5, 0.6) is 5.88 Å². The van der Waals surface area contributed by atoms with Gasteiger partial charge in [-0.3, -0.25) is 10.1 Å². The second-order valence-corrected chi connectivity index (χ2v) is 3.90. The number of nitrogens with zero attached hydrogens (tertiary/aromatic N) is 3. The van der Waals surface area contributed by atoms with Gasteiger partial charge < -0.3 is 15.2 Å². The van der Waals surface area contributed by atoms with Crippen molar-refractivity contribution in [3.8, 4) is 5.88 Å². The standard InChI is InChI=1S/C11H18N4O4/c1-19-11-9(15(17)18)10(13-8-14-11)12-6-4-2-3-5-7-16/h8,16H,2-7H2,1H3,(H,12,13,14). The molecule has 0 saturated heterocycles. The Kier molecular flexibility index (Phi) is 6.51. The molecule has 0 aliphatic heterocycles. The average molecular weight is 270 g/mol. The Labute approximate surface area is 111 Å². The fraction of sp³-hybridized carbons (Fsp3) is 0.636. The Hall–Kier alpha value is -1.96. The Morgan fingerprint density at radius 2 is 2.11 bits per heavy atom. The van der Waals surface area contributed by atoms with Crippen LogP contribution in [0, 0.1) is 10.1 Å². The van der Waals surface area contributed by atoms with Crippen molar-refractivity contribution < 1.29 is 14.8 Å². The van der Waals surface area contributed by atoms with E-state index >= 15 is 0 Å². The highest BCUT2D eigenvalue weighted by Gasteiger charge is 2.23. The highest BCUT2D eigenvalue weighted by molar-refractivity contribution is 5.60. The molecule has 0 atom stereocenters. The van der Waals surface area contributed by atoms with Crippen molar-refractivity contribution in [1.29, 1.82) is 0 Å². The predicted molar refractivity (Wildman–Crippen MR) is 69.3 cm³/mol. The van der Waals surface area contributed by atoms with E-state index in [9.17, 15) is 10.1 Å². The van der Waals surface area contributed by atoms with E-state index in [0.29, 0.717) is 6.54 Å². The van der Waals surface area contributed by atoms with Crippen LogP contribution in [-0.4, -0.2) is 40.3 Å². The van der Waals surface area contributed by atoms with Crippen LogP contribution in [-0.2, 0) is 0 Å². The Morgan fingerprint density at radius 1 is 1.37 bits per heavy atom. The third-order valence-corrected chi connectivity index (χ3v) is 2.54. The van der Waals surface area contributed by atoms with Crippen LogP contribution in [0.3, 0.4) is 0 Å². The summed E-state index contributed by atoms with van der Waals surface area (Å²) < 4.78 is 4.85. The number of aliphatic hydroxyl groups is 1. The van der Waals surface area contributed by atoms with Gasteiger partial charge in [0.25, 0.3) is 5.88 Å². The number of hydrogen-bond donors (Lipinski definition) is 2. The first-order valence-corrected chi connectivity index (χ1v) is 6.08. The number of hydrogen-bond acceptors (Lipinski definition) is 7. The second kappa shape index (κ2) is 8.20. The number of nitro groups is 1. The molecule has 0 aromatic carbocycles. The maximum absolute atomic E-state index is 11.0. The van der Waals surface area contributed by atoms with E-state index in [1.54, 1.807) is 0 Å². The number of ether oxygens (including phenoxy) is 1. The largest absolute Gasteiger partial charge is 0.476 e. The fourth-order valence-corrected chi connectivity index (χ4v) is 1.60. The van der Waals surface area contributed by atoms with E-state index in [1.165, 1.54) is 13.4 Å². The lowest BCUT2D eigenvalue weighted by atomic mass is 10.2. The van der Waals surface area contributed by atoms with Crippen molar-refractivity contribution in [3.05, 3.63) is 16.4 Å². The smallest absolute Gasteiger partial charge is 0.372 e. The number of nitrogens with one attached hydrogen (secondary N) is 1. The first-order valence-electron chi connectivity index (χ1n) is 6.08. The van der Waals surface area contributed by atoms with E-state index in [2.05, 4.69) is 15.3 Å². The molecule has 1 heterocycles. The lowest BCUT2D eigenvalue weighted by Gasteiger charge is -2.07. The van der Waals surface area contributed by atoms with Crippen molar-refractivity contribution in [2.75, 3.05) is 25.6 Å². The summed E-state index contributed by atoms with van der Waals surface area (Å²) in [4.78, 5) is 18.0. The minimum Gasteiger partial charge on any atom is -0.476 e. The van der Waals surface area contributed by atoms with Crippen molar-refractivity contribution >= 4 is 11.5 Å². The predicted octanol–water partition coefficient (Wildman–Crippen LogP) is 1.36. The van der Waals surface area contributed by atoms with E-state index in [1.807, 2.05) is 0 Å². The van der Waals surface area contributed by atoms with Gasteiger partial charge in [0.2, 0.25) is 5.82 Å². The van der Waals surface area contributed by atoms with Crippen molar-refractivity contribution in [2.45, 2.75) is 25.7 Å². The van der Waals surface area contributed by atoms with E-state index in [4.69, 9.17) is 9.84 Å². The van der Waals surface area contributed by atoms with Crippen LogP contribution in [0.25, 0.3) is 0 Å². The molecule has 2 N–H and O–H groups in total. The summed E-state index contributed by atoms with van der Waals surface area (Å²) in [6.07, 6.45) is 4.74. The zero-order valence-electron chi connectivity index (χ0n) is 10.8. The van der Waals surface area contributed by atoms with Gasteiger partial charge in [-0.25, -0.2) is 4.98 Å². The molecule has 0 fully saturated rings. The highest BCUT2D eigenvalue weighted by Crippen LogP contribution is 2.30. The SMILES string of the molecule is COc1ncnc(NCCCCCCO)c1[N+](=O)[O-]. The molecule has 0 bridgehead atoms. The molecule has 0 unspecified atom stereocenters. The fourth-order valence-electron chi connectivity index (χ4n) is 1.60. The van der Waals surface area contributed by atoms with Crippen LogP contribution in [0.4, 0.5) is 11.5 Å². The van der Waals surface area contributed by atoms with Crippen molar-refractivity contribution in [1.82, 2.24) is 9.97 Å². The quantitative estimate of drug-likeness (QED) is 0.396. The molecule has 0 spiro atoms. The monoisotopic (exact) mass is 270 g/mol. The number of methoxy groups -OCH3 is 1. The molecule has 0 aliphatic carbocycles. The summed E-state index contributed by atoms with van der Waals surface area (Å²) in [5.74, 6) is 0.113. The van der Waals surface area contributed by atoms with Gasteiger partial charge in [0.1, 0.15) is 6.33 Å². The first kappa shape index (κ1) is 15.1. The minimum absolute atomic E-state index is 0.0530. The third kappa shape index (κ3) is 4.66. The van der Waals surface area contributed by atoms with Gasteiger partial charge in [0.05, 0.1) is 12.0 Å². The molecule has 0 radical (unpaired) electrons. The summed E-state index contributed by atoms with van der Waals surface area (Å²) in [6.45, 7) is 0.772. The van der Waals surface area contributed by atoms with Crippen molar-refractivity contribution in [2.24, 2.45) is 0 Å². The van der Waals surface area contributed by atoms with Gasteiger partial charge >= 0.3 is 5.69 Å². The molecule has 1 aromatic rings. The zero-order valence-corrected chi connectivity index (χ0v) is 10.8. The second-order valence-electron chi connectivity index (χ2n) is 3.90. The molecule has 8 nitrogen and oxygen atoms in total. The van der Waals surface area contributed by atoms with Gasteiger partial charge in [0.15, 0.2) is 0 Å². The van der Waals surface area contributed by atoms with Crippen LogP contribution in [0.15, 0.2) is 6.33 Å². The van der Waals surface area contributed by atoms with E-state index in [-0.39, 0.29) is 24.0 Å². The number of unbranched alkanes of at least 4 members (excludes halogenated alkanes) is 3. The van der Waals surface area contributed by atoms with Gasteiger partial charge in [-0.1, -0.05) is 12.8 Å². The molecular formula is C11H18N4O4. The van der Waals surface area contributed by atoms with E-state index in [0.717, 1.165) is 25.7 Å². The number of aliphatic hydroxyl groups excluding tert-OH is 1. The van der Waals surface area contributed by atoms with Crippen LogP contribution in [0.1, 0.15) is 25.7 Å². The Balaban J connectivity index is 2.55. The third-order valence-electron chi connectivity index (χ3n) is 2.54. The normalized spacial score (nSPS) is 10.2. The topological polar surface area (TPSA) is 110 Å². The number of rotatable bonds is 9. The van der Waals surface area contributed by atoms with Crippen molar-refractivity contribution in [3.63, 3.8) is 0 Å². The molecule has 106 valence electrons. The first-order chi connectivity index (χ1) is 9.20. The van der Waals surface area contributed by atoms with Gasteiger partial charge in [-0.2, -0.15) is 4.98 Å². The molecule has 1 rings (SSSR count). The van der Waals surface area contributed by atoms with Gasteiger partial charge in [-0.15, -0.1) is 0 Å². The van der Waals surface area contributed by atoms with Crippen LogP contribution in [0.2, 0.25) is 0 Å². The lowest BCUT2D eigenvalue weighted by molar-refractivity contribution is -0.385. The summed E-state index contributed by atoms with van der Waals surface area (Å²) in [5, 5.41) is 22.5. The van der Waals surface area contributed by atoms with Crippen LogP contribution < -0.4 is 10.1 Å². The molecule has 0 saturated carbocycles. The molecule has 0 amide bonds. The molecule has 0 aliphatic rings. The summed E-state index contributed by atoms with van der Waals surface area (Å²) in [5.41, 5.74) is -0.250. The van der Waals surface area contributed by atoms with E-state index < -0.39 is 4.92 Å². The maximum Gasteiger partial charge on any atom is 0.372 e. The summed E-state index contributed by atoms with van der Waals surface area (Å²) in [7, 11) is 1.33. The van der Waals surface area contributed by atoms with Crippen LogP contribution >= 0.6 is 0 Å². The number of anilines is 1.